The lowest BCUT2D eigenvalue weighted by atomic mass is 9.90. The van der Waals surface area contributed by atoms with Gasteiger partial charge in [0, 0.05) is 0 Å². The van der Waals surface area contributed by atoms with Crippen LogP contribution in [0.5, 0.6) is 0 Å². The van der Waals surface area contributed by atoms with Crippen LogP contribution in [-0.2, 0) is 16.5 Å². The van der Waals surface area contributed by atoms with Crippen molar-refractivity contribution in [1.29, 1.82) is 0 Å². The molecular formula is C11H9F4NO. The van der Waals surface area contributed by atoms with E-state index in [1.165, 1.54) is 19.9 Å². The number of halogens is 4. The summed E-state index contributed by atoms with van der Waals surface area (Å²) in [5.74, 6) is -0.817. The average Bonchev–Trinajstić information content (AvgIpc) is 2.15. The minimum atomic E-state index is -4.63. The molecule has 0 aliphatic carbocycles. The summed E-state index contributed by atoms with van der Waals surface area (Å²) in [5, 5.41) is 0. The van der Waals surface area contributed by atoms with E-state index in [0.29, 0.717) is 12.1 Å². The first-order valence-electron chi connectivity index (χ1n) is 4.65. The molecule has 17 heavy (non-hydrogen) atoms. The highest BCUT2D eigenvalue weighted by Gasteiger charge is 2.38. The molecule has 0 aromatic heterocycles. The van der Waals surface area contributed by atoms with Crippen molar-refractivity contribution in [1.82, 2.24) is 0 Å². The van der Waals surface area contributed by atoms with Gasteiger partial charge in [-0.2, -0.15) is 18.2 Å². The summed E-state index contributed by atoms with van der Waals surface area (Å²) in [6.45, 7) is 2.56. The zero-order valence-electron chi connectivity index (χ0n) is 9.10. The van der Waals surface area contributed by atoms with Crippen molar-refractivity contribution in [3.8, 4) is 0 Å². The number of rotatable bonds is 2. The maximum absolute atomic E-state index is 13.0. The average molecular weight is 247 g/mol. The summed E-state index contributed by atoms with van der Waals surface area (Å²) >= 11 is 0. The van der Waals surface area contributed by atoms with Crippen molar-refractivity contribution in [3.05, 3.63) is 35.1 Å². The quantitative estimate of drug-likeness (QED) is 0.447. The molecule has 92 valence electrons. The van der Waals surface area contributed by atoms with E-state index < -0.39 is 28.7 Å². The van der Waals surface area contributed by atoms with Crippen LogP contribution in [0.15, 0.2) is 23.2 Å². The van der Waals surface area contributed by atoms with E-state index in [2.05, 4.69) is 4.99 Å². The lowest BCUT2D eigenvalue weighted by molar-refractivity contribution is -0.138. The van der Waals surface area contributed by atoms with Gasteiger partial charge in [0.1, 0.15) is 5.82 Å². The molecule has 0 spiro atoms. The molecule has 6 heteroatoms. The van der Waals surface area contributed by atoms with E-state index in [9.17, 15) is 22.4 Å². The molecule has 0 radical (unpaired) electrons. The highest BCUT2D eigenvalue weighted by Crippen LogP contribution is 2.38. The third kappa shape index (κ3) is 2.91. The van der Waals surface area contributed by atoms with E-state index in [1.807, 2.05) is 0 Å². The summed E-state index contributed by atoms with van der Waals surface area (Å²) in [6.07, 6.45) is -3.44. The van der Waals surface area contributed by atoms with E-state index in [4.69, 9.17) is 0 Å². The molecule has 0 saturated carbocycles. The molecule has 1 aromatic rings. The summed E-state index contributed by atoms with van der Waals surface area (Å²) in [5.41, 5.74) is -2.88. The normalized spacial score (nSPS) is 12.1. The van der Waals surface area contributed by atoms with Gasteiger partial charge in [0.25, 0.3) is 0 Å². The van der Waals surface area contributed by atoms with E-state index >= 15 is 0 Å². The maximum Gasteiger partial charge on any atom is 0.416 e. The fourth-order valence-electron chi connectivity index (χ4n) is 1.44. The highest BCUT2D eigenvalue weighted by atomic mass is 19.4. The van der Waals surface area contributed by atoms with E-state index in [-0.39, 0.29) is 0 Å². The van der Waals surface area contributed by atoms with Crippen LogP contribution in [0.3, 0.4) is 0 Å². The Hall–Kier alpha value is -1.68. The fraction of sp³-hybridized carbons (Fsp3) is 0.364. The van der Waals surface area contributed by atoms with Gasteiger partial charge in [-0.05, 0) is 37.6 Å². The standard InChI is InChI=1S/C11H9F4NO/c1-10(2,16-6-17)9-5-7(12)3-4-8(9)11(13,14)15/h3-5H,1-2H3. The lowest BCUT2D eigenvalue weighted by Gasteiger charge is -2.23. The molecule has 1 rings (SSSR count). The third-order valence-electron chi connectivity index (χ3n) is 2.27. The van der Waals surface area contributed by atoms with Crippen LogP contribution in [0.25, 0.3) is 0 Å². The molecule has 1 aromatic carbocycles. The molecule has 0 aliphatic rings. The Kier molecular flexibility index (Phi) is 3.38. The minimum absolute atomic E-state index is 0.395. The first kappa shape index (κ1) is 13.4. The van der Waals surface area contributed by atoms with Crippen molar-refractivity contribution in [3.63, 3.8) is 0 Å². The molecule has 0 aliphatic heterocycles. The van der Waals surface area contributed by atoms with Crippen LogP contribution in [-0.4, -0.2) is 6.08 Å². The summed E-state index contributed by atoms with van der Waals surface area (Å²) < 4.78 is 51.1. The van der Waals surface area contributed by atoms with Crippen molar-refractivity contribution in [2.24, 2.45) is 4.99 Å². The van der Waals surface area contributed by atoms with E-state index in [0.717, 1.165) is 6.07 Å². The molecule has 0 saturated heterocycles. The van der Waals surface area contributed by atoms with Gasteiger partial charge in [-0.1, -0.05) is 0 Å². The Morgan fingerprint density at radius 3 is 2.24 bits per heavy atom. The van der Waals surface area contributed by atoms with Gasteiger partial charge in [0.05, 0.1) is 11.1 Å². The van der Waals surface area contributed by atoms with Gasteiger partial charge in [0.2, 0.25) is 6.08 Å². The predicted octanol–water partition coefficient (Wildman–Crippen LogP) is 3.42. The second-order valence-electron chi connectivity index (χ2n) is 3.95. The van der Waals surface area contributed by atoms with Gasteiger partial charge in [-0.25, -0.2) is 9.18 Å². The molecule has 0 bridgehead atoms. The van der Waals surface area contributed by atoms with Crippen LogP contribution in [0.4, 0.5) is 17.6 Å². The van der Waals surface area contributed by atoms with Crippen LogP contribution in [0.2, 0.25) is 0 Å². The highest BCUT2D eigenvalue weighted by molar-refractivity contribution is 5.41. The molecule has 0 fully saturated rings. The first-order valence-corrected chi connectivity index (χ1v) is 4.65. The van der Waals surface area contributed by atoms with Gasteiger partial charge < -0.3 is 0 Å². The lowest BCUT2D eigenvalue weighted by Crippen LogP contribution is -2.21. The number of nitrogens with zero attached hydrogens (tertiary/aromatic N) is 1. The molecule has 0 unspecified atom stereocenters. The Morgan fingerprint density at radius 1 is 1.18 bits per heavy atom. The molecule has 0 N–H and O–H groups in total. The summed E-state index contributed by atoms with van der Waals surface area (Å²) in [6, 6.07) is 2.07. The summed E-state index contributed by atoms with van der Waals surface area (Å²) in [7, 11) is 0. The summed E-state index contributed by atoms with van der Waals surface area (Å²) in [4.78, 5) is 13.4. The molecule has 0 atom stereocenters. The second kappa shape index (κ2) is 4.30. The smallest absolute Gasteiger partial charge is 0.211 e. The Labute approximate surface area is 95.0 Å². The Morgan fingerprint density at radius 2 is 1.76 bits per heavy atom. The number of isocyanates is 1. The van der Waals surface area contributed by atoms with Crippen LogP contribution in [0, 0.1) is 5.82 Å². The van der Waals surface area contributed by atoms with Gasteiger partial charge >= 0.3 is 6.18 Å². The first-order chi connectivity index (χ1) is 7.68. The monoisotopic (exact) mass is 247 g/mol. The van der Waals surface area contributed by atoms with Crippen LogP contribution >= 0.6 is 0 Å². The van der Waals surface area contributed by atoms with Gasteiger partial charge in [0.15, 0.2) is 0 Å². The number of benzene rings is 1. The number of aliphatic imine (C=N–C) groups is 1. The Bertz CT molecular complexity index is 473. The van der Waals surface area contributed by atoms with Crippen molar-refractivity contribution < 1.29 is 22.4 Å². The molecule has 0 heterocycles. The number of hydrogen-bond donors (Lipinski definition) is 0. The largest absolute Gasteiger partial charge is 0.416 e. The zero-order valence-corrected chi connectivity index (χ0v) is 9.10. The van der Waals surface area contributed by atoms with Crippen molar-refractivity contribution in [2.75, 3.05) is 0 Å². The van der Waals surface area contributed by atoms with Crippen molar-refractivity contribution in [2.45, 2.75) is 25.6 Å². The second-order valence-corrected chi connectivity index (χ2v) is 3.95. The minimum Gasteiger partial charge on any atom is -0.211 e. The molecule has 2 nitrogen and oxygen atoms in total. The van der Waals surface area contributed by atoms with Crippen LogP contribution < -0.4 is 0 Å². The number of carbonyl (C=O) groups excluding carboxylic acids is 1. The maximum atomic E-state index is 13.0. The molecule has 0 amide bonds. The van der Waals surface area contributed by atoms with Crippen molar-refractivity contribution >= 4 is 6.08 Å². The number of hydrogen-bond acceptors (Lipinski definition) is 2. The number of alkyl halides is 3. The van der Waals surface area contributed by atoms with E-state index in [1.54, 1.807) is 0 Å². The van der Waals surface area contributed by atoms with Gasteiger partial charge in [-0.15, -0.1) is 0 Å². The zero-order chi connectivity index (χ0) is 13.3. The van der Waals surface area contributed by atoms with Gasteiger partial charge in [-0.3, -0.25) is 0 Å². The molecular weight excluding hydrogens is 238 g/mol. The predicted molar refractivity (Wildman–Crippen MR) is 52.5 cm³/mol. The topological polar surface area (TPSA) is 29.4 Å². The SMILES string of the molecule is CC(C)(N=C=O)c1cc(F)ccc1C(F)(F)F. The third-order valence-corrected chi connectivity index (χ3v) is 2.27. The van der Waals surface area contributed by atoms with Crippen LogP contribution in [0.1, 0.15) is 25.0 Å². The fourth-order valence-corrected chi connectivity index (χ4v) is 1.44. The Balaban J connectivity index is 3.50.